The molecule has 1 unspecified atom stereocenters. The summed E-state index contributed by atoms with van der Waals surface area (Å²) in [6.45, 7) is 2.40. The molecule has 0 heterocycles. The van der Waals surface area contributed by atoms with Gasteiger partial charge in [0.25, 0.3) is 0 Å². The molecule has 0 aliphatic heterocycles. The summed E-state index contributed by atoms with van der Waals surface area (Å²) in [5, 5.41) is 0. The minimum absolute atomic E-state index is 0.0931. The first-order chi connectivity index (χ1) is 9.15. The van der Waals surface area contributed by atoms with E-state index >= 15 is 0 Å². The summed E-state index contributed by atoms with van der Waals surface area (Å²) >= 11 is 0. The lowest BCUT2D eigenvalue weighted by molar-refractivity contribution is 0.302. The fraction of sp³-hybridized carbons (Fsp3) is 0.250. The van der Waals surface area contributed by atoms with Crippen LogP contribution < -0.4 is 10.5 Å². The molecule has 0 saturated heterocycles. The maximum atomic E-state index is 12.8. The number of nitrogens with two attached hydrogens (primary N) is 1. The van der Waals surface area contributed by atoms with Crippen molar-refractivity contribution < 1.29 is 9.13 Å². The van der Waals surface area contributed by atoms with Crippen LogP contribution in [-0.2, 0) is 13.0 Å². The quantitative estimate of drug-likeness (QED) is 0.894. The topological polar surface area (TPSA) is 35.2 Å². The zero-order valence-corrected chi connectivity index (χ0v) is 11.0. The van der Waals surface area contributed by atoms with Gasteiger partial charge in [0.15, 0.2) is 0 Å². The van der Waals surface area contributed by atoms with Gasteiger partial charge in [0, 0.05) is 6.04 Å². The molecule has 2 rings (SSSR count). The van der Waals surface area contributed by atoms with Crippen molar-refractivity contribution in [2.45, 2.75) is 26.0 Å². The van der Waals surface area contributed by atoms with Gasteiger partial charge in [-0.15, -0.1) is 0 Å². The Morgan fingerprint density at radius 2 is 1.79 bits per heavy atom. The van der Waals surface area contributed by atoms with Crippen LogP contribution in [0, 0.1) is 5.82 Å². The maximum Gasteiger partial charge on any atom is 0.123 e. The van der Waals surface area contributed by atoms with Gasteiger partial charge in [-0.3, -0.25) is 0 Å². The number of rotatable bonds is 5. The highest BCUT2D eigenvalue weighted by atomic mass is 19.1. The van der Waals surface area contributed by atoms with E-state index < -0.39 is 0 Å². The highest BCUT2D eigenvalue weighted by Gasteiger charge is 2.05. The van der Waals surface area contributed by atoms with Gasteiger partial charge in [0.05, 0.1) is 0 Å². The second-order valence-corrected chi connectivity index (χ2v) is 4.70. The molecular weight excluding hydrogens is 241 g/mol. The monoisotopic (exact) mass is 259 g/mol. The standard InChI is InChI=1S/C16H18FNO/c1-12(18)10-14-4-2-3-5-16(14)19-11-13-6-8-15(17)9-7-13/h2-9,12H,10-11,18H2,1H3. The summed E-state index contributed by atoms with van der Waals surface area (Å²) in [4.78, 5) is 0. The molecule has 0 aliphatic carbocycles. The van der Waals surface area contributed by atoms with E-state index in [2.05, 4.69) is 0 Å². The summed E-state index contributed by atoms with van der Waals surface area (Å²) in [5.41, 5.74) is 7.86. The summed E-state index contributed by atoms with van der Waals surface area (Å²) in [6.07, 6.45) is 0.777. The lowest BCUT2D eigenvalue weighted by atomic mass is 10.1. The third kappa shape index (κ3) is 4.07. The summed E-state index contributed by atoms with van der Waals surface area (Å²) in [7, 11) is 0. The molecule has 0 saturated carbocycles. The Kier molecular flexibility index (Phi) is 4.53. The Morgan fingerprint density at radius 1 is 1.11 bits per heavy atom. The average Bonchev–Trinajstić information content (AvgIpc) is 2.39. The largest absolute Gasteiger partial charge is 0.489 e. The molecule has 0 radical (unpaired) electrons. The van der Waals surface area contributed by atoms with Gasteiger partial charge < -0.3 is 10.5 Å². The fourth-order valence-corrected chi connectivity index (χ4v) is 1.90. The highest BCUT2D eigenvalue weighted by Crippen LogP contribution is 2.20. The van der Waals surface area contributed by atoms with Gasteiger partial charge in [-0.2, -0.15) is 0 Å². The Labute approximate surface area is 113 Å². The number of halogens is 1. The molecule has 0 spiro atoms. The van der Waals surface area contributed by atoms with E-state index in [4.69, 9.17) is 10.5 Å². The van der Waals surface area contributed by atoms with Crippen molar-refractivity contribution in [1.82, 2.24) is 0 Å². The van der Waals surface area contributed by atoms with E-state index in [1.165, 1.54) is 12.1 Å². The van der Waals surface area contributed by atoms with Crippen LogP contribution in [0.5, 0.6) is 5.75 Å². The molecule has 2 aromatic carbocycles. The van der Waals surface area contributed by atoms with E-state index in [9.17, 15) is 4.39 Å². The molecule has 2 aromatic rings. The molecule has 0 aliphatic rings. The molecular formula is C16H18FNO. The molecule has 19 heavy (non-hydrogen) atoms. The molecule has 0 aromatic heterocycles. The predicted octanol–water partition coefficient (Wildman–Crippen LogP) is 3.29. The molecule has 2 nitrogen and oxygen atoms in total. The van der Waals surface area contributed by atoms with Crippen molar-refractivity contribution >= 4 is 0 Å². The third-order valence-corrected chi connectivity index (χ3v) is 2.82. The van der Waals surface area contributed by atoms with Crippen molar-refractivity contribution in [3.8, 4) is 5.75 Å². The van der Waals surface area contributed by atoms with E-state index in [1.807, 2.05) is 31.2 Å². The van der Waals surface area contributed by atoms with Crippen LogP contribution in [0.2, 0.25) is 0 Å². The molecule has 0 fully saturated rings. The first kappa shape index (κ1) is 13.6. The predicted molar refractivity (Wildman–Crippen MR) is 74.5 cm³/mol. The molecule has 1 atom stereocenters. The van der Waals surface area contributed by atoms with Crippen LogP contribution in [-0.4, -0.2) is 6.04 Å². The van der Waals surface area contributed by atoms with Crippen molar-refractivity contribution in [2.24, 2.45) is 5.73 Å². The maximum absolute atomic E-state index is 12.8. The Morgan fingerprint density at radius 3 is 2.47 bits per heavy atom. The van der Waals surface area contributed by atoms with E-state index in [1.54, 1.807) is 12.1 Å². The zero-order valence-electron chi connectivity index (χ0n) is 11.0. The lowest BCUT2D eigenvalue weighted by Gasteiger charge is -2.13. The first-order valence-electron chi connectivity index (χ1n) is 6.36. The van der Waals surface area contributed by atoms with Crippen LogP contribution in [0.25, 0.3) is 0 Å². The van der Waals surface area contributed by atoms with Crippen molar-refractivity contribution in [3.63, 3.8) is 0 Å². The van der Waals surface area contributed by atoms with Crippen LogP contribution in [0.4, 0.5) is 4.39 Å². The summed E-state index contributed by atoms with van der Waals surface area (Å²) < 4.78 is 18.6. The number of para-hydroxylation sites is 1. The van der Waals surface area contributed by atoms with Crippen LogP contribution >= 0.6 is 0 Å². The van der Waals surface area contributed by atoms with Gasteiger partial charge in [0.1, 0.15) is 18.2 Å². The van der Waals surface area contributed by atoms with Crippen LogP contribution in [0.3, 0.4) is 0 Å². The molecule has 0 amide bonds. The molecule has 100 valence electrons. The zero-order chi connectivity index (χ0) is 13.7. The fourth-order valence-electron chi connectivity index (χ4n) is 1.90. The molecule has 0 bridgehead atoms. The minimum atomic E-state index is -0.235. The van der Waals surface area contributed by atoms with Gasteiger partial charge in [-0.05, 0) is 42.7 Å². The normalized spacial score (nSPS) is 12.2. The van der Waals surface area contributed by atoms with Crippen molar-refractivity contribution in [3.05, 3.63) is 65.5 Å². The van der Waals surface area contributed by atoms with Crippen LogP contribution in [0.1, 0.15) is 18.1 Å². The van der Waals surface area contributed by atoms with Crippen molar-refractivity contribution in [1.29, 1.82) is 0 Å². The summed E-state index contributed by atoms with van der Waals surface area (Å²) in [6, 6.07) is 14.3. The van der Waals surface area contributed by atoms with Gasteiger partial charge in [-0.1, -0.05) is 30.3 Å². The minimum Gasteiger partial charge on any atom is -0.489 e. The second kappa shape index (κ2) is 6.34. The highest BCUT2D eigenvalue weighted by molar-refractivity contribution is 5.34. The Balaban J connectivity index is 2.04. The van der Waals surface area contributed by atoms with Crippen LogP contribution in [0.15, 0.2) is 48.5 Å². The number of hydrogen-bond acceptors (Lipinski definition) is 2. The second-order valence-electron chi connectivity index (χ2n) is 4.70. The third-order valence-electron chi connectivity index (χ3n) is 2.82. The summed E-state index contributed by atoms with van der Waals surface area (Å²) in [5.74, 6) is 0.602. The Hall–Kier alpha value is -1.87. The van der Waals surface area contributed by atoms with E-state index in [-0.39, 0.29) is 11.9 Å². The van der Waals surface area contributed by atoms with Gasteiger partial charge in [-0.25, -0.2) is 4.39 Å². The van der Waals surface area contributed by atoms with E-state index in [0.717, 1.165) is 23.3 Å². The number of ether oxygens (including phenoxy) is 1. The Bertz CT molecular complexity index is 523. The molecule has 2 N–H and O–H groups in total. The smallest absolute Gasteiger partial charge is 0.123 e. The average molecular weight is 259 g/mol. The molecule has 3 heteroatoms. The number of hydrogen-bond donors (Lipinski definition) is 1. The van der Waals surface area contributed by atoms with Gasteiger partial charge in [0.2, 0.25) is 0 Å². The lowest BCUT2D eigenvalue weighted by Crippen LogP contribution is -2.18. The number of benzene rings is 2. The van der Waals surface area contributed by atoms with Gasteiger partial charge >= 0.3 is 0 Å². The van der Waals surface area contributed by atoms with E-state index in [0.29, 0.717) is 6.61 Å². The first-order valence-corrected chi connectivity index (χ1v) is 6.36. The van der Waals surface area contributed by atoms with Crippen molar-refractivity contribution in [2.75, 3.05) is 0 Å². The SMILES string of the molecule is CC(N)Cc1ccccc1OCc1ccc(F)cc1.